The second kappa shape index (κ2) is 6.97. The number of piperazine rings is 1. The van der Waals surface area contributed by atoms with E-state index in [9.17, 15) is 21.6 Å². The highest BCUT2D eigenvalue weighted by molar-refractivity contribution is 7.89. The minimum absolute atomic E-state index is 0.0761. The molecule has 1 aliphatic heterocycles. The van der Waals surface area contributed by atoms with Gasteiger partial charge in [0.25, 0.3) is 0 Å². The van der Waals surface area contributed by atoms with E-state index >= 15 is 0 Å². The number of hydrogen-bond acceptors (Lipinski definition) is 6. The highest BCUT2D eigenvalue weighted by Gasteiger charge is 2.33. The third-order valence-corrected chi connectivity index (χ3v) is 5.44. The molecule has 0 spiro atoms. The number of sulfonamides is 1. The lowest BCUT2D eigenvalue weighted by Gasteiger charge is -2.34. The van der Waals surface area contributed by atoms with Crippen molar-refractivity contribution in [1.82, 2.24) is 14.5 Å². The molecule has 11 heteroatoms. The molecule has 1 aromatic rings. The Morgan fingerprint density at radius 3 is 2.43 bits per heavy atom. The first-order valence-corrected chi connectivity index (χ1v) is 8.58. The molecule has 1 aliphatic rings. The van der Waals surface area contributed by atoms with Crippen molar-refractivity contribution in [3.05, 3.63) is 17.8 Å². The molecular formula is C12H17F3N4O3S. The molecule has 0 radical (unpaired) electrons. The molecule has 0 saturated carbocycles. The zero-order valence-electron chi connectivity index (χ0n) is 12.2. The molecule has 0 atom stereocenters. The summed E-state index contributed by atoms with van der Waals surface area (Å²) in [6.07, 6.45) is -3.69. The Morgan fingerprint density at radius 1 is 1.22 bits per heavy atom. The SMILES string of the molecule is O=S(=O)(CCCO)N1CCN(c2cc(C(F)(F)F)cnn2)CC1. The Hall–Kier alpha value is -1.46. The van der Waals surface area contributed by atoms with Crippen molar-refractivity contribution in [2.24, 2.45) is 0 Å². The van der Waals surface area contributed by atoms with Crippen LogP contribution in [-0.4, -0.2) is 66.6 Å². The maximum atomic E-state index is 12.7. The highest BCUT2D eigenvalue weighted by Crippen LogP contribution is 2.30. The van der Waals surface area contributed by atoms with Crippen molar-refractivity contribution < 1.29 is 26.7 Å². The second-order valence-corrected chi connectivity index (χ2v) is 7.17. The Morgan fingerprint density at radius 2 is 1.87 bits per heavy atom. The van der Waals surface area contributed by atoms with Crippen LogP contribution in [0.5, 0.6) is 0 Å². The Labute approximate surface area is 131 Å². The van der Waals surface area contributed by atoms with Gasteiger partial charge in [0.1, 0.15) is 0 Å². The molecule has 130 valence electrons. The lowest BCUT2D eigenvalue weighted by atomic mass is 10.2. The maximum Gasteiger partial charge on any atom is 0.418 e. The molecule has 0 aromatic carbocycles. The molecule has 1 fully saturated rings. The predicted molar refractivity (Wildman–Crippen MR) is 76.3 cm³/mol. The van der Waals surface area contributed by atoms with Gasteiger partial charge >= 0.3 is 6.18 Å². The molecule has 1 saturated heterocycles. The van der Waals surface area contributed by atoms with Crippen molar-refractivity contribution in [2.75, 3.05) is 43.4 Å². The average Bonchev–Trinajstić information content (AvgIpc) is 2.52. The van der Waals surface area contributed by atoms with Crippen molar-refractivity contribution in [2.45, 2.75) is 12.6 Å². The number of aromatic nitrogens is 2. The zero-order valence-corrected chi connectivity index (χ0v) is 13.0. The lowest BCUT2D eigenvalue weighted by molar-refractivity contribution is -0.137. The lowest BCUT2D eigenvalue weighted by Crippen LogP contribution is -2.49. The number of nitrogens with zero attached hydrogens (tertiary/aromatic N) is 4. The Balaban J connectivity index is 2.02. The summed E-state index contributed by atoms with van der Waals surface area (Å²) in [5.74, 6) is -0.0698. The first-order valence-electron chi connectivity index (χ1n) is 6.97. The molecule has 0 amide bonds. The molecule has 2 heterocycles. The number of alkyl halides is 3. The van der Waals surface area contributed by atoms with Gasteiger partial charge in [-0.2, -0.15) is 22.6 Å². The van der Waals surface area contributed by atoms with E-state index in [1.54, 1.807) is 4.90 Å². The number of aliphatic hydroxyl groups is 1. The van der Waals surface area contributed by atoms with E-state index in [1.807, 2.05) is 0 Å². The third-order valence-electron chi connectivity index (χ3n) is 3.49. The predicted octanol–water partition coefficient (Wildman–Crippen LogP) is 0.330. The smallest absolute Gasteiger partial charge is 0.396 e. The molecule has 7 nitrogen and oxygen atoms in total. The molecular weight excluding hydrogens is 337 g/mol. The minimum atomic E-state index is -4.50. The standard InChI is InChI=1S/C12H17F3N4O3S/c13-12(14,15)10-8-11(17-16-9-10)18-2-4-19(5-3-18)23(21,22)7-1-6-20/h8-9,20H,1-7H2. The van der Waals surface area contributed by atoms with E-state index in [2.05, 4.69) is 10.2 Å². The summed E-state index contributed by atoms with van der Waals surface area (Å²) in [5, 5.41) is 15.8. The topological polar surface area (TPSA) is 86.6 Å². The summed E-state index contributed by atoms with van der Waals surface area (Å²) in [6, 6.07) is 0.906. The summed E-state index contributed by atoms with van der Waals surface area (Å²) in [4.78, 5) is 1.57. The number of aliphatic hydroxyl groups excluding tert-OH is 1. The summed E-state index contributed by atoms with van der Waals surface area (Å²) in [6.45, 7) is 0.569. The summed E-state index contributed by atoms with van der Waals surface area (Å²) in [5.41, 5.74) is -0.888. The average molecular weight is 354 g/mol. The molecule has 23 heavy (non-hydrogen) atoms. The van der Waals surface area contributed by atoms with Crippen molar-refractivity contribution >= 4 is 15.8 Å². The van der Waals surface area contributed by atoms with E-state index in [0.717, 1.165) is 6.07 Å². The molecule has 0 bridgehead atoms. The second-order valence-electron chi connectivity index (χ2n) is 5.08. The molecule has 0 aliphatic carbocycles. The van der Waals surface area contributed by atoms with Gasteiger partial charge in [0.05, 0.1) is 17.5 Å². The number of hydrogen-bond donors (Lipinski definition) is 1. The fraction of sp³-hybridized carbons (Fsp3) is 0.667. The fourth-order valence-electron chi connectivity index (χ4n) is 2.24. The van der Waals surface area contributed by atoms with E-state index in [1.165, 1.54) is 4.31 Å². The van der Waals surface area contributed by atoms with Gasteiger partial charge in [-0.3, -0.25) is 0 Å². The minimum Gasteiger partial charge on any atom is -0.396 e. The van der Waals surface area contributed by atoms with E-state index in [-0.39, 0.29) is 50.8 Å². The normalized spacial score (nSPS) is 17.5. The van der Waals surface area contributed by atoms with Crippen LogP contribution in [-0.2, 0) is 16.2 Å². The van der Waals surface area contributed by atoms with Crippen molar-refractivity contribution in [3.63, 3.8) is 0 Å². The van der Waals surface area contributed by atoms with Crippen LogP contribution in [0, 0.1) is 0 Å². The van der Waals surface area contributed by atoms with Crippen LogP contribution >= 0.6 is 0 Å². The van der Waals surface area contributed by atoms with Gasteiger partial charge in [-0.25, -0.2) is 8.42 Å². The van der Waals surface area contributed by atoms with Gasteiger partial charge in [-0.1, -0.05) is 0 Å². The van der Waals surface area contributed by atoms with Gasteiger partial charge in [0, 0.05) is 32.8 Å². The highest BCUT2D eigenvalue weighted by atomic mass is 32.2. The first-order chi connectivity index (χ1) is 10.7. The third kappa shape index (κ3) is 4.52. The van der Waals surface area contributed by atoms with E-state index < -0.39 is 21.8 Å². The van der Waals surface area contributed by atoms with Crippen molar-refractivity contribution in [3.8, 4) is 0 Å². The molecule has 1 N–H and O–H groups in total. The Bertz CT molecular complexity index is 631. The molecule has 1 aromatic heterocycles. The monoisotopic (exact) mass is 354 g/mol. The zero-order chi connectivity index (χ0) is 17.1. The summed E-state index contributed by atoms with van der Waals surface area (Å²) >= 11 is 0. The van der Waals surface area contributed by atoms with Gasteiger partial charge < -0.3 is 10.0 Å². The number of halogens is 3. The van der Waals surface area contributed by atoms with Gasteiger partial charge in [0.15, 0.2) is 5.82 Å². The van der Waals surface area contributed by atoms with Crippen molar-refractivity contribution in [1.29, 1.82) is 0 Å². The van der Waals surface area contributed by atoms with Crippen LogP contribution in [0.4, 0.5) is 19.0 Å². The number of anilines is 1. The van der Waals surface area contributed by atoms with Crippen LogP contribution < -0.4 is 4.90 Å². The quantitative estimate of drug-likeness (QED) is 0.820. The summed E-state index contributed by atoms with van der Waals surface area (Å²) < 4.78 is 63.3. The summed E-state index contributed by atoms with van der Waals surface area (Å²) in [7, 11) is -3.45. The maximum absolute atomic E-state index is 12.7. The first kappa shape index (κ1) is 17.9. The van der Waals surface area contributed by atoms with Gasteiger partial charge in [0.2, 0.25) is 10.0 Å². The molecule has 2 rings (SSSR count). The van der Waals surface area contributed by atoms with Crippen LogP contribution in [0.2, 0.25) is 0 Å². The Kier molecular flexibility index (Phi) is 5.42. The van der Waals surface area contributed by atoms with Gasteiger partial charge in [-0.05, 0) is 12.5 Å². The van der Waals surface area contributed by atoms with E-state index in [0.29, 0.717) is 6.20 Å². The van der Waals surface area contributed by atoms with Crippen LogP contribution in [0.15, 0.2) is 12.3 Å². The number of rotatable bonds is 5. The van der Waals surface area contributed by atoms with Crippen LogP contribution in [0.3, 0.4) is 0 Å². The van der Waals surface area contributed by atoms with E-state index in [4.69, 9.17) is 5.11 Å². The van der Waals surface area contributed by atoms with Crippen LogP contribution in [0.25, 0.3) is 0 Å². The molecule has 0 unspecified atom stereocenters. The fourth-order valence-corrected chi connectivity index (χ4v) is 3.71. The van der Waals surface area contributed by atoms with Crippen LogP contribution in [0.1, 0.15) is 12.0 Å². The van der Waals surface area contributed by atoms with Gasteiger partial charge in [-0.15, -0.1) is 5.10 Å². The largest absolute Gasteiger partial charge is 0.418 e.